The number of rotatable bonds is 3. The average molecular weight is 300 g/mol. The molecule has 1 aliphatic heterocycles. The number of hydrogen-bond acceptors (Lipinski definition) is 4. The first-order chi connectivity index (χ1) is 9.32. The van der Waals surface area contributed by atoms with Gasteiger partial charge in [-0.1, -0.05) is 6.07 Å². The largest absolute Gasteiger partial charge is 0.335 e. The molecular weight excluding hydrogens is 282 g/mol. The minimum atomic E-state index is -3.64. The molecule has 7 nitrogen and oxygen atoms in total. The minimum absolute atomic E-state index is 0.00523. The second-order valence-corrected chi connectivity index (χ2v) is 7.00. The number of nitrogens with one attached hydrogen (secondary N) is 1. The van der Waals surface area contributed by atoms with E-state index < -0.39 is 14.9 Å². The van der Waals surface area contributed by atoms with E-state index in [2.05, 4.69) is 0 Å². The van der Waals surface area contributed by atoms with Gasteiger partial charge in [0.2, 0.25) is 10.0 Å². The van der Waals surface area contributed by atoms with Crippen molar-refractivity contribution in [2.24, 2.45) is 0 Å². The highest BCUT2D eigenvalue weighted by molar-refractivity contribution is 7.89. The van der Waals surface area contributed by atoms with Gasteiger partial charge in [0.15, 0.2) is 0 Å². The fraction of sp³-hybridized carbons (Fsp3) is 0.500. The Morgan fingerprint density at radius 3 is 2.45 bits per heavy atom. The van der Waals surface area contributed by atoms with Crippen LogP contribution in [0.25, 0.3) is 0 Å². The summed E-state index contributed by atoms with van der Waals surface area (Å²) in [5.41, 5.74) is 0.294. The zero-order chi connectivity index (χ0) is 14.9. The number of hydrogen-bond donors (Lipinski definition) is 1. The Morgan fingerprint density at radius 2 is 1.90 bits per heavy atom. The SMILES string of the molecule is Cc1ccc(S(=O)(=O)N2CC[NH+](C)CC2)cc1[N+](=O)[O-]. The Labute approximate surface area is 118 Å². The minimum Gasteiger partial charge on any atom is -0.335 e. The van der Waals surface area contributed by atoms with Crippen LogP contribution in [0.1, 0.15) is 5.56 Å². The molecule has 0 spiro atoms. The van der Waals surface area contributed by atoms with E-state index in [1.165, 1.54) is 21.3 Å². The van der Waals surface area contributed by atoms with Crippen LogP contribution in [-0.4, -0.2) is 50.9 Å². The number of likely N-dealkylation sites (N-methyl/N-ethyl adjacent to an activating group) is 1. The molecule has 2 rings (SSSR count). The monoisotopic (exact) mass is 300 g/mol. The van der Waals surface area contributed by atoms with Crippen LogP contribution >= 0.6 is 0 Å². The highest BCUT2D eigenvalue weighted by Gasteiger charge is 2.30. The third kappa shape index (κ3) is 2.82. The molecule has 0 aromatic heterocycles. The van der Waals surface area contributed by atoms with Crippen LogP contribution in [0, 0.1) is 17.0 Å². The fourth-order valence-electron chi connectivity index (χ4n) is 2.20. The number of aryl methyl sites for hydroxylation is 1. The van der Waals surface area contributed by atoms with Gasteiger partial charge >= 0.3 is 0 Å². The summed E-state index contributed by atoms with van der Waals surface area (Å²) in [6, 6.07) is 4.06. The number of benzene rings is 1. The molecule has 1 aromatic carbocycles. The Hall–Kier alpha value is -1.51. The standard InChI is InChI=1S/C12H17N3O4S/c1-10-3-4-11(9-12(10)15(16)17)20(18,19)14-7-5-13(2)6-8-14/h3-4,9H,5-8H2,1-2H3/p+1. The number of sulfonamides is 1. The molecule has 0 saturated carbocycles. The van der Waals surface area contributed by atoms with Crippen LogP contribution < -0.4 is 4.90 Å². The summed E-state index contributed by atoms with van der Waals surface area (Å²) in [5, 5.41) is 10.9. The Morgan fingerprint density at radius 1 is 1.30 bits per heavy atom. The first-order valence-corrected chi connectivity index (χ1v) is 7.83. The van der Waals surface area contributed by atoms with E-state index in [1.54, 1.807) is 6.92 Å². The quantitative estimate of drug-likeness (QED) is 0.598. The van der Waals surface area contributed by atoms with E-state index in [0.29, 0.717) is 18.7 Å². The number of nitro groups is 1. The lowest BCUT2D eigenvalue weighted by Gasteiger charge is -2.29. The van der Waals surface area contributed by atoms with E-state index in [4.69, 9.17) is 0 Å². The molecule has 0 bridgehead atoms. The maximum absolute atomic E-state index is 12.5. The van der Waals surface area contributed by atoms with Crippen molar-refractivity contribution in [3.05, 3.63) is 33.9 Å². The van der Waals surface area contributed by atoms with Crippen molar-refractivity contribution >= 4 is 15.7 Å². The summed E-state index contributed by atoms with van der Waals surface area (Å²) in [4.78, 5) is 11.6. The summed E-state index contributed by atoms with van der Waals surface area (Å²) in [5.74, 6) is 0. The molecule has 0 atom stereocenters. The van der Waals surface area contributed by atoms with Crippen molar-refractivity contribution in [2.75, 3.05) is 33.2 Å². The lowest BCUT2D eigenvalue weighted by molar-refractivity contribution is -0.883. The lowest BCUT2D eigenvalue weighted by atomic mass is 10.2. The van der Waals surface area contributed by atoms with Gasteiger partial charge in [-0.25, -0.2) is 8.42 Å². The Balaban J connectivity index is 2.35. The van der Waals surface area contributed by atoms with Gasteiger partial charge in [0.05, 0.1) is 43.0 Å². The predicted molar refractivity (Wildman–Crippen MR) is 73.2 cm³/mol. The number of quaternary nitrogens is 1. The second-order valence-electron chi connectivity index (χ2n) is 5.07. The summed E-state index contributed by atoms with van der Waals surface area (Å²) >= 11 is 0. The zero-order valence-corrected chi connectivity index (χ0v) is 12.3. The molecule has 1 N–H and O–H groups in total. The molecule has 110 valence electrons. The van der Waals surface area contributed by atoms with E-state index in [-0.39, 0.29) is 10.6 Å². The first kappa shape index (κ1) is 14.9. The third-order valence-corrected chi connectivity index (χ3v) is 5.49. The van der Waals surface area contributed by atoms with E-state index in [9.17, 15) is 18.5 Å². The van der Waals surface area contributed by atoms with Gasteiger partial charge in [-0.05, 0) is 13.0 Å². The maximum Gasteiger partial charge on any atom is 0.273 e. The smallest absolute Gasteiger partial charge is 0.273 e. The van der Waals surface area contributed by atoms with Gasteiger partial charge in [0.1, 0.15) is 0 Å². The normalized spacial score (nSPS) is 18.1. The molecule has 0 radical (unpaired) electrons. The molecule has 1 heterocycles. The summed E-state index contributed by atoms with van der Waals surface area (Å²) < 4.78 is 26.3. The van der Waals surface area contributed by atoms with Gasteiger partial charge in [-0.2, -0.15) is 4.31 Å². The molecule has 8 heteroatoms. The summed E-state index contributed by atoms with van der Waals surface area (Å²) in [6.07, 6.45) is 0. The first-order valence-electron chi connectivity index (χ1n) is 6.39. The van der Waals surface area contributed by atoms with Gasteiger partial charge in [-0.3, -0.25) is 10.1 Å². The van der Waals surface area contributed by atoms with E-state index in [0.717, 1.165) is 19.2 Å². The van der Waals surface area contributed by atoms with Gasteiger partial charge in [0, 0.05) is 11.6 Å². The number of nitrogens with zero attached hydrogens (tertiary/aromatic N) is 2. The van der Waals surface area contributed by atoms with Crippen molar-refractivity contribution < 1.29 is 18.2 Å². The highest BCUT2D eigenvalue weighted by atomic mass is 32.2. The molecule has 20 heavy (non-hydrogen) atoms. The molecule has 0 unspecified atom stereocenters. The van der Waals surface area contributed by atoms with Gasteiger partial charge in [-0.15, -0.1) is 0 Å². The predicted octanol–water partition coefficient (Wildman–Crippen LogP) is -0.578. The van der Waals surface area contributed by atoms with Crippen LogP contribution in [0.3, 0.4) is 0 Å². The van der Waals surface area contributed by atoms with E-state index in [1.807, 2.05) is 7.05 Å². The fourth-order valence-corrected chi connectivity index (χ4v) is 3.67. The summed E-state index contributed by atoms with van der Waals surface area (Å²) in [7, 11) is -1.63. The van der Waals surface area contributed by atoms with Crippen LogP contribution in [0.2, 0.25) is 0 Å². The van der Waals surface area contributed by atoms with Crippen LogP contribution in [0.15, 0.2) is 23.1 Å². The molecular formula is C12H18N3O4S+. The molecule has 1 aliphatic rings. The van der Waals surface area contributed by atoms with Crippen molar-refractivity contribution in [3.8, 4) is 0 Å². The molecule has 1 saturated heterocycles. The van der Waals surface area contributed by atoms with Gasteiger partial charge < -0.3 is 4.90 Å². The molecule has 0 aliphatic carbocycles. The maximum atomic E-state index is 12.5. The zero-order valence-electron chi connectivity index (χ0n) is 11.5. The number of nitro benzene ring substituents is 1. The molecule has 1 aromatic rings. The highest BCUT2D eigenvalue weighted by Crippen LogP contribution is 2.24. The van der Waals surface area contributed by atoms with Crippen LogP contribution in [0.5, 0.6) is 0 Å². The Kier molecular flexibility index (Phi) is 4.07. The van der Waals surface area contributed by atoms with Crippen molar-refractivity contribution in [3.63, 3.8) is 0 Å². The Bertz CT molecular complexity index is 622. The van der Waals surface area contributed by atoms with Crippen LogP contribution in [0.4, 0.5) is 5.69 Å². The van der Waals surface area contributed by atoms with Crippen molar-refractivity contribution in [2.45, 2.75) is 11.8 Å². The average Bonchev–Trinajstić information content (AvgIpc) is 2.39. The lowest BCUT2D eigenvalue weighted by Crippen LogP contribution is -3.12. The second kappa shape index (κ2) is 5.47. The van der Waals surface area contributed by atoms with E-state index >= 15 is 0 Å². The molecule has 0 amide bonds. The number of piperazine rings is 1. The topological polar surface area (TPSA) is 85.0 Å². The van der Waals surface area contributed by atoms with Gasteiger partial charge in [0.25, 0.3) is 5.69 Å². The van der Waals surface area contributed by atoms with Crippen molar-refractivity contribution in [1.82, 2.24) is 4.31 Å². The van der Waals surface area contributed by atoms with Crippen molar-refractivity contribution in [1.29, 1.82) is 0 Å². The van der Waals surface area contributed by atoms with Crippen LogP contribution in [-0.2, 0) is 10.0 Å². The third-order valence-electron chi connectivity index (χ3n) is 3.59. The molecule has 1 fully saturated rings. The summed E-state index contributed by atoms with van der Waals surface area (Å²) in [6.45, 7) is 3.96.